The normalized spacial score (nSPS) is 38.7. The molecule has 0 aromatic rings. The predicted molar refractivity (Wildman–Crippen MR) is 129 cm³/mol. The van der Waals surface area contributed by atoms with E-state index in [2.05, 4.69) is 13.8 Å². The molecule has 0 aromatic heterocycles. The smallest absolute Gasteiger partial charge is 0.312 e. The fraction of sp³-hybridized carbons (Fsp3) is 0.893. The molecule has 8 unspecified atom stereocenters. The fourth-order valence-corrected chi connectivity index (χ4v) is 6.30. The van der Waals surface area contributed by atoms with Gasteiger partial charge in [-0.3, -0.25) is 14.4 Å². The van der Waals surface area contributed by atoms with Crippen molar-refractivity contribution in [2.45, 2.75) is 130 Å². The van der Waals surface area contributed by atoms with Gasteiger partial charge in [0.05, 0.1) is 22.9 Å². The Morgan fingerprint density at radius 1 is 0.971 bits per heavy atom. The molecule has 3 heterocycles. The molecule has 7 nitrogen and oxygen atoms in total. The number of ether oxygens (including phenoxy) is 4. The molecule has 0 N–H and O–H groups in total. The van der Waals surface area contributed by atoms with E-state index in [1.54, 1.807) is 0 Å². The van der Waals surface area contributed by atoms with E-state index in [4.69, 9.17) is 18.9 Å². The quantitative estimate of drug-likeness (QED) is 0.366. The molecule has 5 fully saturated rings. The molecule has 4 bridgehead atoms. The Morgan fingerprint density at radius 3 is 2.17 bits per heavy atom. The van der Waals surface area contributed by atoms with Gasteiger partial charge in [-0.25, -0.2) is 0 Å². The van der Waals surface area contributed by atoms with Crippen LogP contribution in [0.5, 0.6) is 0 Å². The van der Waals surface area contributed by atoms with Gasteiger partial charge in [0, 0.05) is 0 Å². The third-order valence-corrected chi connectivity index (χ3v) is 9.71. The summed E-state index contributed by atoms with van der Waals surface area (Å²) in [4.78, 5) is 35.9. The van der Waals surface area contributed by atoms with Gasteiger partial charge in [0.1, 0.15) is 11.7 Å². The van der Waals surface area contributed by atoms with Crippen LogP contribution in [-0.4, -0.2) is 47.9 Å². The first-order valence-corrected chi connectivity index (χ1v) is 13.7. The second-order valence-corrected chi connectivity index (χ2v) is 12.6. The molecule has 3 aliphatic heterocycles. The lowest BCUT2D eigenvalue weighted by Gasteiger charge is -2.38. The van der Waals surface area contributed by atoms with Crippen LogP contribution in [-0.2, 0) is 33.3 Å². The standard InChI is InChI=1S/C15H26O2.C13H18O5/c1-5-14(3,4)13(16)17-15(6-2)10-11-7-8-12(15)9-11;1-4-13(2,3)12(15)18-9-7-5-6-8(16-7)10(9)17-11(6)14/h11-12H,5-10H2,1-4H3;6-10H,4-5H2,1-3H3. The zero-order valence-electron chi connectivity index (χ0n) is 22.6. The van der Waals surface area contributed by atoms with Gasteiger partial charge in [0.2, 0.25) is 0 Å². The number of hydrogen-bond acceptors (Lipinski definition) is 7. The molecule has 7 heteroatoms. The SMILES string of the molecule is CCC(C)(C)C(=O)OC1(CC)CC2CCC1C2.CCC(C)(C)C(=O)OC1C2CC3C(=O)OC1C3O2. The molecule has 2 saturated carbocycles. The molecule has 5 aliphatic rings. The van der Waals surface area contributed by atoms with Gasteiger partial charge in [-0.1, -0.05) is 20.8 Å². The predicted octanol–water partition coefficient (Wildman–Crippen LogP) is 4.98. The summed E-state index contributed by atoms with van der Waals surface area (Å²) >= 11 is 0. The molecule has 0 spiro atoms. The van der Waals surface area contributed by atoms with E-state index in [9.17, 15) is 14.4 Å². The molecule has 8 atom stereocenters. The maximum atomic E-state index is 12.3. The van der Waals surface area contributed by atoms with Crippen molar-refractivity contribution in [1.29, 1.82) is 0 Å². The van der Waals surface area contributed by atoms with Crippen molar-refractivity contribution >= 4 is 17.9 Å². The first-order chi connectivity index (χ1) is 16.4. The Balaban J connectivity index is 0.000000165. The molecular formula is C28H44O7. The van der Waals surface area contributed by atoms with Gasteiger partial charge in [0.15, 0.2) is 12.2 Å². The minimum absolute atomic E-state index is 0.00870. The average molecular weight is 493 g/mol. The van der Waals surface area contributed by atoms with Crippen LogP contribution in [0.3, 0.4) is 0 Å². The highest BCUT2D eigenvalue weighted by molar-refractivity contribution is 5.79. The summed E-state index contributed by atoms with van der Waals surface area (Å²) in [5.74, 6) is 0.863. The molecule has 3 saturated heterocycles. The number of rotatable bonds is 7. The van der Waals surface area contributed by atoms with Crippen LogP contribution < -0.4 is 0 Å². The lowest BCUT2D eigenvalue weighted by molar-refractivity contribution is -0.177. The molecule has 2 aliphatic carbocycles. The van der Waals surface area contributed by atoms with Crippen LogP contribution in [0, 0.1) is 28.6 Å². The molecule has 35 heavy (non-hydrogen) atoms. The highest BCUT2D eigenvalue weighted by Crippen LogP contribution is 2.54. The van der Waals surface area contributed by atoms with E-state index < -0.39 is 17.6 Å². The first kappa shape index (κ1) is 26.4. The average Bonchev–Trinajstić information content (AvgIpc) is 3.62. The van der Waals surface area contributed by atoms with E-state index in [1.165, 1.54) is 19.3 Å². The molecule has 0 radical (unpaired) electrons. The van der Waals surface area contributed by atoms with E-state index >= 15 is 0 Å². The van der Waals surface area contributed by atoms with Gasteiger partial charge in [-0.05, 0) is 90.9 Å². The van der Waals surface area contributed by atoms with Crippen LogP contribution in [0.25, 0.3) is 0 Å². The largest absolute Gasteiger partial charge is 0.458 e. The van der Waals surface area contributed by atoms with Crippen molar-refractivity contribution in [2.24, 2.45) is 28.6 Å². The monoisotopic (exact) mass is 492 g/mol. The molecule has 0 amide bonds. The zero-order valence-corrected chi connectivity index (χ0v) is 22.6. The summed E-state index contributed by atoms with van der Waals surface area (Å²) in [6.07, 6.45) is 6.98. The maximum absolute atomic E-state index is 12.3. The molecule has 0 aromatic carbocycles. The van der Waals surface area contributed by atoms with Gasteiger partial charge < -0.3 is 18.9 Å². The Kier molecular flexibility index (Phi) is 7.06. The van der Waals surface area contributed by atoms with E-state index in [0.717, 1.165) is 25.2 Å². The number of carbonyl (C=O) groups is 3. The summed E-state index contributed by atoms with van der Waals surface area (Å²) in [6.45, 7) is 13.9. The highest BCUT2D eigenvalue weighted by Gasteiger charge is 2.65. The van der Waals surface area contributed by atoms with Crippen LogP contribution in [0.4, 0.5) is 0 Å². The third kappa shape index (κ3) is 4.62. The van der Waals surface area contributed by atoms with Crippen molar-refractivity contribution in [3.63, 3.8) is 0 Å². The first-order valence-electron chi connectivity index (χ1n) is 13.7. The number of carbonyl (C=O) groups excluding carboxylic acids is 3. The Bertz CT molecular complexity index is 848. The van der Waals surface area contributed by atoms with Crippen molar-refractivity contribution in [3.05, 3.63) is 0 Å². The lowest BCUT2D eigenvalue weighted by Crippen LogP contribution is -2.43. The summed E-state index contributed by atoms with van der Waals surface area (Å²) in [5, 5.41) is 0. The van der Waals surface area contributed by atoms with Crippen LogP contribution in [0.2, 0.25) is 0 Å². The number of fused-ring (bicyclic) bond motifs is 3. The Morgan fingerprint density at radius 2 is 1.63 bits per heavy atom. The summed E-state index contributed by atoms with van der Waals surface area (Å²) < 4.78 is 22.5. The van der Waals surface area contributed by atoms with Crippen LogP contribution in [0.1, 0.15) is 99.8 Å². The fourth-order valence-electron chi connectivity index (χ4n) is 6.30. The van der Waals surface area contributed by atoms with E-state index in [1.807, 2.05) is 34.6 Å². The lowest BCUT2D eigenvalue weighted by atomic mass is 9.81. The van der Waals surface area contributed by atoms with Crippen molar-refractivity contribution < 1.29 is 33.3 Å². The van der Waals surface area contributed by atoms with Crippen molar-refractivity contribution in [1.82, 2.24) is 0 Å². The summed E-state index contributed by atoms with van der Waals surface area (Å²) in [7, 11) is 0. The topological polar surface area (TPSA) is 88.1 Å². The minimum atomic E-state index is -0.510. The Hall–Kier alpha value is -1.63. The highest BCUT2D eigenvalue weighted by atomic mass is 16.7. The van der Waals surface area contributed by atoms with E-state index in [0.29, 0.717) is 18.8 Å². The van der Waals surface area contributed by atoms with Crippen molar-refractivity contribution in [3.8, 4) is 0 Å². The zero-order chi connectivity index (χ0) is 25.8. The van der Waals surface area contributed by atoms with Gasteiger partial charge in [0.25, 0.3) is 0 Å². The van der Waals surface area contributed by atoms with Crippen LogP contribution in [0.15, 0.2) is 0 Å². The summed E-state index contributed by atoms with van der Waals surface area (Å²) in [6, 6.07) is 0. The second-order valence-electron chi connectivity index (χ2n) is 12.6. The van der Waals surface area contributed by atoms with Gasteiger partial charge >= 0.3 is 17.9 Å². The number of hydrogen-bond donors (Lipinski definition) is 0. The van der Waals surface area contributed by atoms with Crippen molar-refractivity contribution in [2.75, 3.05) is 0 Å². The van der Waals surface area contributed by atoms with Gasteiger partial charge in [-0.15, -0.1) is 0 Å². The molecule has 198 valence electrons. The maximum Gasteiger partial charge on any atom is 0.312 e. The van der Waals surface area contributed by atoms with Crippen LogP contribution >= 0.6 is 0 Å². The second kappa shape index (κ2) is 9.35. The number of esters is 3. The molecule has 5 rings (SSSR count). The third-order valence-electron chi connectivity index (χ3n) is 9.71. The van der Waals surface area contributed by atoms with E-state index in [-0.39, 0.29) is 47.0 Å². The Labute approximate surface area is 210 Å². The molecular weight excluding hydrogens is 448 g/mol. The minimum Gasteiger partial charge on any atom is -0.458 e. The van der Waals surface area contributed by atoms with Gasteiger partial charge in [-0.2, -0.15) is 0 Å². The summed E-state index contributed by atoms with van der Waals surface area (Å²) in [5.41, 5.74) is -0.958.